The highest BCUT2D eigenvalue weighted by molar-refractivity contribution is 7.83. The van der Waals surface area contributed by atoms with Gasteiger partial charge in [0.15, 0.2) is 0 Å². The predicted octanol–water partition coefficient (Wildman–Crippen LogP) is 7.47. The molecule has 2 bridgehead atoms. The van der Waals surface area contributed by atoms with E-state index in [-0.39, 0.29) is 23.9 Å². The summed E-state index contributed by atoms with van der Waals surface area (Å²) in [7, 11) is -6.79. The van der Waals surface area contributed by atoms with E-state index in [1.165, 1.54) is 0 Å². The average Bonchev–Trinajstić information content (AvgIpc) is 3.82. The molecular formula is C38H32ClNO3P2. The topological polar surface area (TPSA) is 55.7 Å². The van der Waals surface area contributed by atoms with E-state index in [2.05, 4.69) is 5.16 Å². The van der Waals surface area contributed by atoms with Gasteiger partial charge in [0.25, 0.3) is 0 Å². The van der Waals surface area contributed by atoms with Gasteiger partial charge in [-0.15, -0.1) is 0 Å². The zero-order valence-corrected chi connectivity index (χ0v) is 27.0. The van der Waals surface area contributed by atoms with Crippen LogP contribution in [0.2, 0.25) is 5.02 Å². The van der Waals surface area contributed by atoms with E-state index in [1.54, 1.807) is 0 Å². The van der Waals surface area contributed by atoms with Crippen LogP contribution in [-0.4, -0.2) is 23.1 Å². The minimum atomic E-state index is -3.40. The van der Waals surface area contributed by atoms with Crippen LogP contribution in [0.25, 0.3) is 0 Å². The van der Waals surface area contributed by atoms with Crippen LogP contribution in [0.3, 0.4) is 0 Å². The Morgan fingerprint density at radius 2 is 0.956 bits per heavy atom. The number of fused-ring (bicyclic) bond motifs is 5. The molecule has 0 aromatic heterocycles. The summed E-state index contributed by atoms with van der Waals surface area (Å²) in [6.45, 7) is 0. The van der Waals surface area contributed by atoms with Crippen LogP contribution in [0.1, 0.15) is 12.0 Å². The standard InChI is InChI=1S/C38H32ClNO3P2/c39-33-24-14-13-23-30(33)35-34-31-25-32(36(34)43-40-35)38(45(42,28-19-9-3-10-20-28)29-21-11-4-12-22-29)37(31)44(41,26-15-5-1-6-16-26)27-17-7-2-8-18-27/h1-24,31-32,34,36-38H,25H2. The van der Waals surface area contributed by atoms with Gasteiger partial charge in [-0.2, -0.15) is 0 Å². The lowest BCUT2D eigenvalue weighted by Gasteiger charge is -2.44. The van der Waals surface area contributed by atoms with Crippen LogP contribution in [0.15, 0.2) is 151 Å². The maximum atomic E-state index is 16.4. The molecule has 2 aliphatic carbocycles. The number of halogens is 1. The fourth-order valence-electron chi connectivity index (χ4n) is 8.43. The second-order valence-corrected chi connectivity index (χ2v) is 18.6. The Kier molecular flexibility index (Phi) is 7.22. The average molecular weight is 648 g/mol. The van der Waals surface area contributed by atoms with E-state index in [0.717, 1.165) is 38.9 Å². The zero-order chi connectivity index (χ0) is 30.6. The van der Waals surface area contributed by atoms with Gasteiger partial charge >= 0.3 is 0 Å². The molecule has 45 heavy (non-hydrogen) atoms. The van der Waals surface area contributed by atoms with Crippen molar-refractivity contribution in [3.63, 3.8) is 0 Å². The van der Waals surface area contributed by atoms with E-state index in [1.807, 2.05) is 146 Å². The lowest BCUT2D eigenvalue weighted by molar-refractivity contribution is 0.0293. The number of rotatable bonds is 7. The second-order valence-electron chi connectivity index (χ2n) is 12.3. The van der Waals surface area contributed by atoms with Crippen LogP contribution >= 0.6 is 25.9 Å². The third-order valence-corrected chi connectivity index (χ3v) is 18.1. The molecular weight excluding hydrogens is 616 g/mol. The minimum Gasteiger partial charge on any atom is -0.391 e. The first-order valence-corrected chi connectivity index (χ1v) is 19.4. The molecule has 1 heterocycles. The van der Waals surface area contributed by atoms with E-state index in [9.17, 15) is 0 Å². The first kappa shape index (κ1) is 28.8. The van der Waals surface area contributed by atoms with Gasteiger partial charge in [-0.05, 0) is 18.4 Å². The molecule has 3 aliphatic rings. The Balaban J connectivity index is 1.40. The van der Waals surface area contributed by atoms with Crippen LogP contribution < -0.4 is 21.2 Å². The molecule has 0 N–H and O–H groups in total. The number of nitrogens with zero attached hydrogens (tertiary/aromatic N) is 1. The molecule has 0 amide bonds. The number of hydrogen-bond acceptors (Lipinski definition) is 4. The van der Waals surface area contributed by atoms with E-state index in [4.69, 9.17) is 16.4 Å². The highest BCUT2D eigenvalue weighted by Gasteiger charge is 2.70. The molecule has 6 atom stereocenters. The van der Waals surface area contributed by atoms with Crippen molar-refractivity contribution in [3.8, 4) is 0 Å². The molecule has 0 saturated heterocycles. The van der Waals surface area contributed by atoms with E-state index in [0.29, 0.717) is 5.02 Å². The van der Waals surface area contributed by atoms with Crippen LogP contribution in [0.4, 0.5) is 0 Å². The summed E-state index contributed by atoms with van der Waals surface area (Å²) in [6, 6.07) is 47.0. The van der Waals surface area contributed by atoms with Crippen molar-refractivity contribution in [1.82, 2.24) is 0 Å². The van der Waals surface area contributed by atoms with Gasteiger partial charge in [0.2, 0.25) is 0 Å². The molecule has 5 aromatic rings. The Labute approximate surface area is 268 Å². The summed E-state index contributed by atoms with van der Waals surface area (Å²) in [5.74, 6) is -0.327. The minimum absolute atomic E-state index is 0.0884. The van der Waals surface area contributed by atoms with Gasteiger partial charge in [0.05, 0.1) is 5.71 Å². The van der Waals surface area contributed by atoms with E-state index < -0.39 is 25.6 Å². The van der Waals surface area contributed by atoms with Gasteiger partial charge in [-0.25, -0.2) is 0 Å². The predicted molar refractivity (Wildman–Crippen MR) is 185 cm³/mol. The molecule has 0 radical (unpaired) electrons. The highest BCUT2D eigenvalue weighted by Crippen LogP contribution is 2.73. The number of oxime groups is 1. The quantitative estimate of drug-likeness (QED) is 0.172. The molecule has 7 heteroatoms. The fourth-order valence-corrected chi connectivity index (χ4v) is 17.2. The van der Waals surface area contributed by atoms with Gasteiger partial charge in [0.1, 0.15) is 20.4 Å². The summed E-state index contributed by atoms with van der Waals surface area (Å²) in [6.07, 6.45) is 0.477. The Morgan fingerprint density at radius 1 is 0.556 bits per heavy atom. The molecule has 6 unspecified atom stereocenters. The fraction of sp³-hybridized carbons (Fsp3) is 0.184. The van der Waals surface area contributed by atoms with Crippen molar-refractivity contribution in [1.29, 1.82) is 0 Å². The van der Waals surface area contributed by atoms with Crippen molar-refractivity contribution < 1.29 is 14.0 Å². The molecule has 5 aromatic carbocycles. The third-order valence-electron chi connectivity index (χ3n) is 10.1. The van der Waals surface area contributed by atoms with Crippen LogP contribution in [0.5, 0.6) is 0 Å². The van der Waals surface area contributed by atoms with Gasteiger partial charge in [0, 0.05) is 55.0 Å². The smallest absolute Gasteiger partial charge is 0.147 e. The lowest BCUT2D eigenvalue weighted by atomic mass is 9.80. The lowest BCUT2D eigenvalue weighted by Crippen LogP contribution is -2.50. The van der Waals surface area contributed by atoms with Gasteiger partial charge < -0.3 is 14.0 Å². The Bertz CT molecular complexity index is 1880. The number of hydrogen-bond donors (Lipinski definition) is 0. The summed E-state index contributed by atoms with van der Waals surface area (Å²) in [5, 5.41) is 8.44. The second kappa shape index (κ2) is 11.3. The molecule has 224 valence electrons. The summed E-state index contributed by atoms with van der Waals surface area (Å²) < 4.78 is 32.7. The van der Waals surface area contributed by atoms with Crippen molar-refractivity contribution in [2.24, 2.45) is 22.9 Å². The van der Waals surface area contributed by atoms with Gasteiger partial charge in [-0.1, -0.05) is 156 Å². The number of benzene rings is 5. The SMILES string of the molecule is O=P(c1ccccc1)(c1ccccc1)C1C2CC(C3C(c4ccccc4Cl)=NOC23)C1P(=O)(c1ccccc1)c1ccccc1. The monoisotopic (exact) mass is 647 g/mol. The Morgan fingerprint density at radius 3 is 1.40 bits per heavy atom. The van der Waals surface area contributed by atoms with Gasteiger partial charge in [-0.3, -0.25) is 0 Å². The van der Waals surface area contributed by atoms with Crippen molar-refractivity contribution in [3.05, 3.63) is 156 Å². The normalized spacial score (nSPS) is 25.4. The molecule has 8 rings (SSSR count). The summed E-state index contributed by atoms with van der Waals surface area (Å²) in [5.41, 5.74) is 0.802. The molecule has 4 nitrogen and oxygen atoms in total. The van der Waals surface area contributed by atoms with Crippen LogP contribution in [-0.2, 0) is 14.0 Å². The van der Waals surface area contributed by atoms with Crippen molar-refractivity contribution in [2.45, 2.75) is 23.8 Å². The summed E-state index contributed by atoms with van der Waals surface area (Å²) in [4.78, 5) is 6.32. The maximum absolute atomic E-state index is 16.4. The van der Waals surface area contributed by atoms with Crippen molar-refractivity contribution >= 4 is 52.8 Å². The zero-order valence-electron chi connectivity index (χ0n) is 24.5. The molecule has 2 saturated carbocycles. The highest BCUT2D eigenvalue weighted by atomic mass is 35.5. The van der Waals surface area contributed by atoms with Crippen molar-refractivity contribution in [2.75, 3.05) is 0 Å². The molecule has 0 spiro atoms. The first-order chi connectivity index (χ1) is 22.0. The molecule has 1 aliphatic heterocycles. The summed E-state index contributed by atoms with van der Waals surface area (Å²) >= 11 is 6.74. The largest absolute Gasteiger partial charge is 0.391 e. The Hall–Kier alpha value is -3.68. The first-order valence-electron chi connectivity index (χ1n) is 15.4. The van der Waals surface area contributed by atoms with E-state index >= 15 is 9.13 Å². The van der Waals surface area contributed by atoms with Crippen LogP contribution in [0, 0.1) is 17.8 Å². The third kappa shape index (κ3) is 4.38. The maximum Gasteiger partial charge on any atom is 0.147 e. The molecule has 2 fully saturated rings.